The van der Waals surface area contributed by atoms with Crippen LogP contribution >= 0.6 is 0 Å². The third kappa shape index (κ3) is 1.11. The number of halogens is 1. The molecule has 13 heavy (non-hydrogen) atoms. The first kappa shape index (κ1) is 8.22. The molecular formula is C8H9FN2O2. The fourth-order valence-electron chi connectivity index (χ4n) is 1.38. The van der Waals surface area contributed by atoms with E-state index in [1.54, 1.807) is 0 Å². The van der Waals surface area contributed by atoms with Crippen molar-refractivity contribution in [3.05, 3.63) is 18.2 Å². The molecule has 0 unspecified atom stereocenters. The highest BCUT2D eigenvalue weighted by molar-refractivity contribution is 5.81. The summed E-state index contributed by atoms with van der Waals surface area (Å²) in [6.45, 7) is 0. The molecule has 1 aromatic rings. The predicted molar refractivity (Wildman–Crippen MR) is 41.4 cm³/mol. The molecule has 1 aliphatic rings. The molecule has 70 valence electrons. The molecule has 5 heteroatoms. The van der Waals surface area contributed by atoms with Gasteiger partial charge in [-0.1, -0.05) is 0 Å². The summed E-state index contributed by atoms with van der Waals surface area (Å²) in [7, 11) is 1.32. The molecule has 1 aromatic heterocycles. The lowest BCUT2D eigenvalue weighted by atomic mass is 10.3. The van der Waals surface area contributed by atoms with E-state index in [0.29, 0.717) is 12.8 Å². The second kappa shape index (κ2) is 2.55. The highest BCUT2D eigenvalue weighted by atomic mass is 19.1. The number of nitrogens with zero attached hydrogens (tertiary/aromatic N) is 2. The molecule has 0 bridgehead atoms. The number of hydrogen-bond acceptors (Lipinski definition) is 3. The van der Waals surface area contributed by atoms with Gasteiger partial charge >= 0.3 is 5.97 Å². The van der Waals surface area contributed by atoms with Crippen LogP contribution in [0.15, 0.2) is 12.3 Å². The number of rotatable bonds is 2. The zero-order valence-electron chi connectivity index (χ0n) is 7.16. The minimum atomic E-state index is -0.723. The topological polar surface area (TPSA) is 44.1 Å². The van der Waals surface area contributed by atoms with E-state index in [1.807, 2.05) is 0 Å². The van der Waals surface area contributed by atoms with Gasteiger partial charge in [-0.05, 0) is 12.8 Å². The maximum atomic E-state index is 12.6. The lowest BCUT2D eigenvalue weighted by Gasteiger charge is -2.11. The summed E-state index contributed by atoms with van der Waals surface area (Å²) in [6.07, 6.45) is 2.79. The van der Waals surface area contributed by atoms with E-state index in [9.17, 15) is 9.18 Å². The molecule has 1 saturated carbocycles. The van der Waals surface area contributed by atoms with Crippen LogP contribution in [0.3, 0.4) is 0 Å². The van der Waals surface area contributed by atoms with Crippen molar-refractivity contribution >= 4 is 5.97 Å². The summed E-state index contributed by atoms with van der Waals surface area (Å²) >= 11 is 0. The van der Waals surface area contributed by atoms with E-state index < -0.39 is 11.5 Å². The van der Waals surface area contributed by atoms with Gasteiger partial charge < -0.3 is 4.74 Å². The molecule has 1 fully saturated rings. The standard InChI is InChI=1S/C8H9FN2O2/c1-13-7(12)8(3-4-8)11-5-2-6(9)10-11/h2,5H,3-4H2,1H3. The minimum absolute atomic E-state index is 0.351. The second-order valence-corrected chi connectivity index (χ2v) is 3.11. The predicted octanol–water partition coefficient (Wildman–Crippen LogP) is 0.684. The zero-order chi connectivity index (χ0) is 9.47. The number of aromatic nitrogens is 2. The quantitative estimate of drug-likeness (QED) is 0.635. The molecule has 2 rings (SSSR count). The van der Waals surface area contributed by atoms with Gasteiger partial charge in [-0.2, -0.15) is 4.39 Å². The fourth-order valence-corrected chi connectivity index (χ4v) is 1.38. The van der Waals surface area contributed by atoms with Crippen molar-refractivity contribution in [3.63, 3.8) is 0 Å². The highest BCUT2D eigenvalue weighted by Crippen LogP contribution is 2.43. The Kier molecular flexibility index (Phi) is 1.61. The smallest absolute Gasteiger partial charge is 0.333 e. The summed E-state index contributed by atoms with van der Waals surface area (Å²) < 4.78 is 18.5. The molecule has 1 aliphatic carbocycles. The summed E-state index contributed by atoms with van der Waals surface area (Å²) in [5.74, 6) is -0.925. The van der Waals surface area contributed by atoms with Crippen LogP contribution in [-0.4, -0.2) is 22.9 Å². The Morgan fingerprint density at radius 3 is 2.85 bits per heavy atom. The van der Waals surface area contributed by atoms with Gasteiger partial charge in [-0.25, -0.2) is 4.79 Å². The Labute approximate surface area is 74.3 Å². The largest absolute Gasteiger partial charge is 0.467 e. The minimum Gasteiger partial charge on any atom is -0.467 e. The van der Waals surface area contributed by atoms with Crippen molar-refractivity contribution in [1.82, 2.24) is 9.78 Å². The lowest BCUT2D eigenvalue weighted by molar-refractivity contribution is -0.146. The van der Waals surface area contributed by atoms with Crippen LogP contribution in [-0.2, 0) is 15.1 Å². The zero-order valence-corrected chi connectivity index (χ0v) is 7.16. The molecule has 0 radical (unpaired) electrons. The molecule has 0 amide bonds. The average molecular weight is 184 g/mol. The van der Waals surface area contributed by atoms with E-state index >= 15 is 0 Å². The van der Waals surface area contributed by atoms with Gasteiger partial charge in [0.25, 0.3) is 0 Å². The number of hydrogen-bond donors (Lipinski definition) is 0. The van der Waals surface area contributed by atoms with E-state index in [1.165, 1.54) is 24.1 Å². The van der Waals surface area contributed by atoms with Crippen LogP contribution < -0.4 is 0 Å². The Morgan fingerprint density at radius 2 is 2.46 bits per heavy atom. The van der Waals surface area contributed by atoms with Crippen LogP contribution in [0.5, 0.6) is 0 Å². The van der Waals surface area contributed by atoms with Crippen LogP contribution in [0.1, 0.15) is 12.8 Å². The van der Waals surface area contributed by atoms with E-state index in [4.69, 9.17) is 0 Å². The number of carbonyl (C=O) groups excluding carboxylic acids is 1. The van der Waals surface area contributed by atoms with Gasteiger partial charge in [0.1, 0.15) is 0 Å². The van der Waals surface area contributed by atoms with Crippen molar-refractivity contribution < 1.29 is 13.9 Å². The van der Waals surface area contributed by atoms with E-state index in [2.05, 4.69) is 9.84 Å². The SMILES string of the molecule is COC(=O)C1(n2ccc(F)n2)CC1. The third-order valence-electron chi connectivity index (χ3n) is 2.28. The van der Waals surface area contributed by atoms with Crippen LogP contribution in [0.25, 0.3) is 0 Å². The molecule has 1 heterocycles. The molecule has 0 spiro atoms. The normalized spacial score (nSPS) is 18.3. The Hall–Kier alpha value is -1.39. The molecular weight excluding hydrogens is 175 g/mol. The molecule has 4 nitrogen and oxygen atoms in total. The third-order valence-corrected chi connectivity index (χ3v) is 2.28. The number of carbonyl (C=O) groups is 1. The fraction of sp³-hybridized carbons (Fsp3) is 0.500. The monoisotopic (exact) mass is 184 g/mol. The van der Waals surface area contributed by atoms with Crippen LogP contribution in [0, 0.1) is 5.95 Å². The first-order chi connectivity index (χ1) is 6.19. The Morgan fingerprint density at radius 1 is 1.77 bits per heavy atom. The van der Waals surface area contributed by atoms with Crippen molar-refractivity contribution in [1.29, 1.82) is 0 Å². The molecule has 0 saturated heterocycles. The maximum Gasteiger partial charge on any atom is 0.333 e. The molecule has 0 aromatic carbocycles. The van der Waals surface area contributed by atoms with Gasteiger partial charge in [0.15, 0.2) is 5.54 Å². The van der Waals surface area contributed by atoms with Crippen molar-refractivity contribution in [2.75, 3.05) is 7.11 Å². The Balaban J connectivity index is 2.30. The first-order valence-electron chi connectivity index (χ1n) is 3.99. The van der Waals surface area contributed by atoms with Crippen molar-refractivity contribution in [2.24, 2.45) is 0 Å². The van der Waals surface area contributed by atoms with Gasteiger partial charge in [0.05, 0.1) is 7.11 Å². The summed E-state index contributed by atoms with van der Waals surface area (Å²) in [5.41, 5.74) is -0.723. The van der Waals surface area contributed by atoms with E-state index in [-0.39, 0.29) is 5.97 Å². The first-order valence-corrected chi connectivity index (χ1v) is 3.99. The molecule has 0 atom stereocenters. The second-order valence-electron chi connectivity index (χ2n) is 3.11. The summed E-state index contributed by atoms with van der Waals surface area (Å²) in [6, 6.07) is 1.23. The van der Waals surface area contributed by atoms with Crippen LogP contribution in [0.2, 0.25) is 0 Å². The van der Waals surface area contributed by atoms with Crippen molar-refractivity contribution in [2.45, 2.75) is 18.4 Å². The number of ether oxygens (including phenoxy) is 1. The summed E-state index contributed by atoms with van der Waals surface area (Å²) in [4.78, 5) is 11.3. The maximum absolute atomic E-state index is 12.6. The lowest BCUT2D eigenvalue weighted by Crippen LogP contribution is -2.29. The highest BCUT2D eigenvalue weighted by Gasteiger charge is 2.54. The van der Waals surface area contributed by atoms with Crippen LogP contribution in [0.4, 0.5) is 4.39 Å². The van der Waals surface area contributed by atoms with Gasteiger partial charge in [-0.3, -0.25) is 4.68 Å². The van der Waals surface area contributed by atoms with Gasteiger partial charge in [0, 0.05) is 12.3 Å². The number of esters is 1. The van der Waals surface area contributed by atoms with E-state index in [0.717, 1.165) is 0 Å². The molecule has 0 N–H and O–H groups in total. The van der Waals surface area contributed by atoms with Gasteiger partial charge in [0.2, 0.25) is 5.95 Å². The average Bonchev–Trinajstić information content (AvgIpc) is 2.83. The van der Waals surface area contributed by atoms with Gasteiger partial charge in [-0.15, -0.1) is 5.10 Å². The number of methoxy groups -OCH3 is 1. The Bertz CT molecular complexity index is 344. The summed E-state index contributed by atoms with van der Waals surface area (Å²) in [5, 5.41) is 3.56. The molecule has 0 aliphatic heterocycles. The van der Waals surface area contributed by atoms with Crippen molar-refractivity contribution in [3.8, 4) is 0 Å².